The molecule has 1 amide bonds. The lowest BCUT2D eigenvalue weighted by Gasteiger charge is -2.18. The first-order valence-corrected chi connectivity index (χ1v) is 9.84. The summed E-state index contributed by atoms with van der Waals surface area (Å²) in [5.41, 5.74) is 1.54. The van der Waals surface area contributed by atoms with Gasteiger partial charge in [0.1, 0.15) is 0 Å². The van der Waals surface area contributed by atoms with Crippen molar-refractivity contribution in [1.82, 2.24) is 9.62 Å². The molecule has 0 aliphatic carbocycles. The average Bonchev–Trinajstić information content (AvgIpc) is 2.66. The fourth-order valence-corrected chi connectivity index (χ4v) is 3.30. The summed E-state index contributed by atoms with van der Waals surface area (Å²) in [5.74, 6) is -0.387. The van der Waals surface area contributed by atoms with Crippen LogP contribution in [0.4, 0.5) is 4.39 Å². The predicted octanol–water partition coefficient (Wildman–Crippen LogP) is 2.33. The highest BCUT2D eigenvalue weighted by molar-refractivity contribution is 7.89. The average molecular weight is 394 g/mol. The smallest absolute Gasteiger partial charge is 0.240 e. The number of benzene rings is 2. The Morgan fingerprint density at radius 1 is 1.15 bits per heavy atom. The van der Waals surface area contributed by atoms with Crippen LogP contribution in [0.1, 0.15) is 17.5 Å². The van der Waals surface area contributed by atoms with Crippen molar-refractivity contribution in [2.75, 3.05) is 21.2 Å². The largest absolute Gasteiger partial charge is 0.494 e. The first-order valence-electron chi connectivity index (χ1n) is 8.35. The molecule has 0 aliphatic heterocycles. The summed E-state index contributed by atoms with van der Waals surface area (Å²) in [7, 11) is 0.943. The second-order valence-electron chi connectivity index (χ2n) is 6.07. The van der Waals surface area contributed by atoms with Crippen molar-refractivity contribution in [3.63, 3.8) is 0 Å². The van der Waals surface area contributed by atoms with Gasteiger partial charge in [-0.1, -0.05) is 18.2 Å². The van der Waals surface area contributed by atoms with Crippen LogP contribution in [0.3, 0.4) is 0 Å². The number of methoxy groups -OCH3 is 1. The molecule has 2 rings (SSSR count). The molecule has 0 saturated carbocycles. The van der Waals surface area contributed by atoms with Gasteiger partial charge in [0.15, 0.2) is 11.6 Å². The van der Waals surface area contributed by atoms with Crippen LogP contribution in [0.2, 0.25) is 0 Å². The quantitative estimate of drug-likeness (QED) is 0.746. The Hall–Kier alpha value is -2.45. The molecular weight excluding hydrogens is 371 g/mol. The zero-order chi connectivity index (χ0) is 20.0. The first kappa shape index (κ1) is 20.9. The fourth-order valence-electron chi connectivity index (χ4n) is 2.57. The summed E-state index contributed by atoms with van der Waals surface area (Å²) >= 11 is 0. The highest BCUT2D eigenvalue weighted by Gasteiger charge is 2.13. The number of nitrogens with one attached hydrogen (secondary N) is 1. The molecule has 1 N–H and O–H groups in total. The molecule has 0 spiro atoms. The maximum atomic E-state index is 13.7. The standard InChI is InChI=1S/C19H23FN2O4S/c1-21-27(24,25)16-8-4-14(5-9-16)7-11-19(23)22(2)13-15-6-10-18(26-3)17(20)12-15/h4-6,8-10,12,21H,7,11,13H2,1-3H3. The van der Waals surface area contributed by atoms with Crippen molar-refractivity contribution in [1.29, 1.82) is 0 Å². The van der Waals surface area contributed by atoms with Crippen molar-refractivity contribution in [3.8, 4) is 5.75 Å². The van der Waals surface area contributed by atoms with E-state index < -0.39 is 15.8 Å². The highest BCUT2D eigenvalue weighted by atomic mass is 32.2. The zero-order valence-corrected chi connectivity index (χ0v) is 16.3. The molecule has 2 aromatic rings. The number of carbonyl (C=O) groups excluding carboxylic acids is 1. The minimum atomic E-state index is -3.47. The third kappa shape index (κ3) is 5.51. The van der Waals surface area contributed by atoms with Gasteiger partial charge < -0.3 is 9.64 Å². The van der Waals surface area contributed by atoms with E-state index in [1.54, 1.807) is 25.2 Å². The normalized spacial score (nSPS) is 11.3. The number of nitrogens with zero attached hydrogens (tertiary/aromatic N) is 1. The third-order valence-electron chi connectivity index (χ3n) is 4.19. The van der Waals surface area contributed by atoms with E-state index in [0.717, 1.165) is 5.56 Å². The van der Waals surface area contributed by atoms with E-state index in [9.17, 15) is 17.6 Å². The van der Waals surface area contributed by atoms with Crippen LogP contribution < -0.4 is 9.46 Å². The number of aryl methyl sites for hydroxylation is 1. The van der Waals surface area contributed by atoms with E-state index in [1.165, 1.54) is 43.3 Å². The number of sulfonamides is 1. The van der Waals surface area contributed by atoms with E-state index in [2.05, 4.69) is 4.72 Å². The Bertz CT molecular complexity index is 898. The fraction of sp³-hybridized carbons (Fsp3) is 0.316. The summed E-state index contributed by atoms with van der Waals surface area (Å²) in [6, 6.07) is 11.0. The van der Waals surface area contributed by atoms with Gasteiger partial charge in [0.2, 0.25) is 15.9 Å². The maximum Gasteiger partial charge on any atom is 0.240 e. The van der Waals surface area contributed by atoms with E-state index in [-0.39, 0.29) is 23.0 Å². The molecule has 0 bridgehead atoms. The van der Waals surface area contributed by atoms with Crippen LogP contribution in [-0.4, -0.2) is 40.4 Å². The van der Waals surface area contributed by atoms with Crippen LogP contribution in [0.25, 0.3) is 0 Å². The molecule has 0 heterocycles. The van der Waals surface area contributed by atoms with Crippen LogP contribution >= 0.6 is 0 Å². The molecule has 27 heavy (non-hydrogen) atoms. The molecular formula is C19H23FN2O4S. The molecule has 2 aromatic carbocycles. The topological polar surface area (TPSA) is 75.7 Å². The minimum absolute atomic E-state index is 0.0850. The lowest BCUT2D eigenvalue weighted by atomic mass is 10.1. The van der Waals surface area contributed by atoms with Gasteiger partial charge in [0, 0.05) is 20.0 Å². The van der Waals surface area contributed by atoms with Crippen LogP contribution in [-0.2, 0) is 27.8 Å². The van der Waals surface area contributed by atoms with Crippen LogP contribution in [0, 0.1) is 5.82 Å². The van der Waals surface area contributed by atoms with Crippen molar-refractivity contribution in [3.05, 3.63) is 59.4 Å². The summed E-state index contributed by atoms with van der Waals surface area (Å²) in [4.78, 5) is 14.0. The van der Waals surface area contributed by atoms with Crippen molar-refractivity contribution in [2.24, 2.45) is 0 Å². The SMILES string of the molecule is CNS(=O)(=O)c1ccc(CCC(=O)N(C)Cc2ccc(OC)c(F)c2)cc1. The Labute approximate surface area is 159 Å². The first-order chi connectivity index (χ1) is 12.8. The van der Waals surface area contributed by atoms with Gasteiger partial charge in [-0.15, -0.1) is 0 Å². The monoisotopic (exact) mass is 394 g/mol. The number of ether oxygens (including phenoxy) is 1. The Balaban J connectivity index is 1.92. The predicted molar refractivity (Wildman–Crippen MR) is 100 cm³/mol. The molecule has 0 fully saturated rings. The van der Waals surface area contributed by atoms with E-state index in [1.807, 2.05) is 0 Å². The number of amides is 1. The highest BCUT2D eigenvalue weighted by Crippen LogP contribution is 2.19. The van der Waals surface area contributed by atoms with Gasteiger partial charge in [0.05, 0.1) is 12.0 Å². The second kappa shape index (κ2) is 8.96. The molecule has 0 unspecified atom stereocenters. The van der Waals surface area contributed by atoms with Gasteiger partial charge >= 0.3 is 0 Å². The van der Waals surface area contributed by atoms with E-state index in [0.29, 0.717) is 18.5 Å². The molecule has 0 atom stereocenters. The van der Waals surface area contributed by atoms with Crippen LogP contribution in [0.15, 0.2) is 47.4 Å². The van der Waals surface area contributed by atoms with Gasteiger partial charge in [-0.2, -0.15) is 0 Å². The molecule has 6 nitrogen and oxygen atoms in total. The maximum absolute atomic E-state index is 13.7. The van der Waals surface area contributed by atoms with Gasteiger partial charge in [-0.25, -0.2) is 17.5 Å². The number of halogens is 1. The van der Waals surface area contributed by atoms with Crippen molar-refractivity contribution >= 4 is 15.9 Å². The third-order valence-corrected chi connectivity index (χ3v) is 5.62. The van der Waals surface area contributed by atoms with Crippen molar-refractivity contribution < 1.29 is 22.3 Å². The number of hydrogen-bond donors (Lipinski definition) is 1. The van der Waals surface area contributed by atoms with E-state index in [4.69, 9.17) is 4.74 Å². The Morgan fingerprint density at radius 2 is 1.78 bits per heavy atom. The van der Waals surface area contributed by atoms with Gasteiger partial charge in [-0.3, -0.25) is 4.79 Å². The van der Waals surface area contributed by atoms with Gasteiger partial charge in [0.25, 0.3) is 0 Å². The summed E-state index contributed by atoms with van der Waals surface area (Å²) in [5, 5.41) is 0. The molecule has 0 aromatic heterocycles. The lowest BCUT2D eigenvalue weighted by molar-refractivity contribution is -0.130. The summed E-state index contributed by atoms with van der Waals surface area (Å²) in [6.07, 6.45) is 0.757. The van der Waals surface area contributed by atoms with Gasteiger partial charge in [-0.05, 0) is 48.9 Å². The molecule has 0 radical (unpaired) electrons. The van der Waals surface area contributed by atoms with Crippen molar-refractivity contribution in [2.45, 2.75) is 24.3 Å². The second-order valence-corrected chi connectivity index (χ2v) is 7.96. The summed E-state index contributed by atoms with van der Waals surface area (Å²) < 4.78 is 44.3. The molecule has 146 valence electrons. The summed E-state index contributed by atoms with van der Waals surface area (Å²) in [6.45, 7) is 0.291. The number of rotatable bonds is 8. The number of carbonyl (C=O) groups is 1. The lowest BCUT2D eigenvalue weighted by Crippen LogP contribution is -2.26. The molecule has 0 aliphatic rings. The minimum Gasteiger partial charge on any atom is -0.494 e. The number of hydrogen-bond acceptors (Lipinski definition) is 4. The molecule has 0 saturated heterocycles. The Morgan fingerprint density at radius 3 is 2.33 bits per heavy atom. The van der Waals surface area contributed by atoms with Crippen LogP contribution in [0.5, 0.6) is 5.75 Å². The zero-order valence-electron chi connectivity index (χ0n) is 15.5. The van der Waals surface area contributed by atoms with E-state index >= 15 is 0 Å². The molecule has 8 heteroatoms. The Kier molecular flexibility index (Phi) is 6.92.